The number of nitrogens with one attached hydrogen (secondary N) is 1. The van der Waals surface area contributed by atoms with Crippen molar-refractivity contribution in [2.75, 3.05) is 5.75 Å². The Bertz CT molecular complexity index is 709. The Labute approximate surface area is 147 Å². The topological polar surface area (TPSA) is 54.9 Å². The Balaban J connectivity index is 1.58. The fraction of sp³-hybridized carbons (Fsp3) is 0.421. The number of benzene rings is 1. The van der Waals surface area contributed by atoms with E-state index in [-0.39, 0.29) is 5.91 Å². The molecule has 0 spiro atoms. The predicted octanol–water partition coefficient (Wildman–Crippen LogP) is 3.91. The molecule has 1 amide bonds. The summed E-state index contributed by atoms with van der Waals surface area (Å²) in [5.74, 6) is 0.487. The van der Waals surface area contributed by atoms with Crippen molar-refractivity contribution in [3.8, 4) is 11.3 Å². The van der Waals surface area contributed by atoms with E-state index in [0.29, 0.717) is 11.8 Å². The Hall–Kier alpha value is -1.88. The summed E-state index contributed by atoms with van der Waals surface area (Å²) >= 11 is 1.44. The minimum absolute atomic E-state index is 0.0901. The Morgan fingerprint density at radius 1 is 1.17 bits per heavy atom. The molecule has 1 N–H and O–H groups in total. The normalized spacial score (nSPS) is 14.8. The quantitative estimate of drug-likeness (QED) is 0.838. The van der Waals surface area contributed by atoms with Crippen LogP contribution in [0.5, 0.6) is 0 Å². The average molecular weight is 341 g/mol. The van der Waals surface area contributed by atoms with Crippen molar-refractivity contribution in [2.45, 2.75) is 50.6 Å². The van der Waals surface area contributed by atoms with E-state index in [9.17, 15) is 4.79 Å². The fourth-order valence-corrected chi connectivity index (χ4v) is 3.66. The molecule has 0 saturated heterocycles. The predicted molar refractivity (Wildman–Crippen MR) is 98.1 cm³/mol. The van der Waals surface area contributed by atoms with Crippen LogP contribution in [-0.2, 0) is 4.79 Å². The van der Waals surface area contributed by atoms with Crippen LogP contribution < -0.4 is 5.32 Å². The van der Waals surface area contributed by atoms with Crippen molar-refractivity contribution >= 4 is 17.7 Å². The average Bonchev–Trinajstić information content (AvgIpc) is 3.09. The van der Waals surface area contributed by atoms with Gasteiger partial charge in [0.05, 0.1) is 11.4 Å². The number of rotatable bonds is 5. The number of aromatic nitrogens is 2. The molecule has 1 heterocycles. The smallest absolute Gasteiger partial charge is 0.230 e. The first kappa shape index (κ1) is 17.0. The standard InChI is InChI=1S/C19H23N3OS/c1-13-7-8-14(2)16(11-13)17-9-10-19(22-21-17)24-12-18(23)20-15-5-3-4-6-15/h7-11,15H,3-6,12H2,1-2H3,(H,20,23). The number of carbonyl (C=O) groups excluding carboxylic acids is 1. The first-order valence-corrected chi connectivity index (χ1v) is 9.44. The van der Waals surface area contributed by atoms with E-state index in [4.69, 9.17) is 0 Å². The highest BCUT2D eigenvalue weighted by atomic mass is 32.2. The maximum atomic E-state index is 12.0. The second-order valence-corrected chi connectivity index (χ2v) is 7.41. The number of nitrogens with zero attached hydrogens (tertiary/aromatic N) is 2. The molecule has 126 valence electrons. The first-order valence-electron chi connectivity index (χ1n) is 8.45. The molecular weight excluding hydrogens is 318 g/mol. The number of amides is 1. The van der Waals surface area contributed by atoms with Crippen molar-refractivity contribution in [1.29, 1.82) is 0 Å². The van der Waals surface area contributed by atoms with Crippen molar-refractivity contribution in [3.63, 3.8) is 0 Å². The van der Waals surface area contributed by atoms with E-state index < -0.39 is 0 Å². The third kappa shape index (κ3) is 4.35. The van der Waals surface area contributed by atoms with Gasteiger partial charge in [0.2, 0.25) is 5.91 Å². The van der Waals surface area contributed by atoms with Gasteiger partial charge in [0, 0.05) is 11.6 Å². The summed E-state index contributed by atoms with van der Waals surface area (Å²) in [5, 5.41) is 12.5. The lowest BCUT2D eigenvalue weighted by molar-refractivity contribution is -0.119. The number of hydrogen-bond donors (Lipinski definition) is 1. The summed E-state index contributed by atoms with van der Waals surface area (Å²) in [6, 6.07) is 10.6. The number of aryl methyl sites for hydroxylation is 2. The van der Waals surface area contributed by atoms with Crippen LogP contribution in [-0.4, -0.2) is 27.9 Å². The molecule has 24 heavy (non-hydrogen) atoms. The molecule has 3 rings (SSSR count). The molecule has 0 atom stereocenters. The maximum absolute atomic E-state index is 12.0. The monoisotopic (exact) mass is 341 g/mol. The zero-order valence-corrected chi connectivity index (χ0v) is 15.0. The lowest BCUT2D eigenvalue weighted by Crippen LogP contribution is -2.33. The van der Waals surface area contributed by atoms with E-state index in [1.165, 1.54) is 35.7 Å². The highest BCUT2D eigenvalue weighted by Gasteiger charge is 2.17. The summed E-state index contributed by atoms with van der Waals surface area (Å²) in [4.78, 5) is 12.0. The van der Waals surface area contributed by atoms with Gasteiger partial charge in [-0.1, -0.05) is 42.3 Å². The van der Waals surface area contributed by atoms with Crippen molar-refractivity contribution < 1.29 is 4.79 Å². The van der Waals surface area contributed by atoms with Gasteiger partial charge in [-0.15, -0.1) is 10.2 Å². The molecule has 1 aromatic carbocycles. The Morgan fingerprint density at radius 2 is 1.96 bits per heavy atom. The van der Waals surface area contributed by atoms with Crippen LogP contribution in [0.25, 0.3) is 11.3 Å². The third-order valence-corrected chi connectivity index (χ3v) is 5.30. The molecule has 0 bridgehead atoms. The molecule has 0 radical (unpaired) electrons. The first-order chi connectivity index (χ1) is 11.6. The van der Waals surface area contributed by atoms with Crippen LogP contribution in [0.15, 0.2) is 35.4 Å². The summed E-state index contributed by atoms with van der Waals surface area (Å²) in [6.07, 6.45) is 4.67. The summed E-state index contributed by atoms with van der Waals surface area (Å²) < 4.78 is 0. The van der Waals surface area contributed by atoms with Crippen LogP contribution >= 0.6 is 11.8 Å². The minimum atomic E-state index is 0.0901. The number of carbonyl (C=O) groups is 1. The van der Waals surface area contributed by atoms with Crippen LogP contribution in [0.4, 0.5) is 0 Å². The van der Waals surface area contributed by atoms with Crippen LogP contribution in [0.3, 0.4) is 0 Å². The molecule has 1 saturated carbocycles. The van der Waals surface area contributed by atoms with Gasteiger partial charge in [0.25, 0.3) is 0 Å². The molecule has 4 nitrogen and oxygen atoms in total. The SMILES string of the molecule is Cc1ccc(C)c(-c2ccc(SCC(=O)NC3CCCC3)nn2)c1. The molecule has 0 unspecified atom stereocenters. The van der Waals surface area contributed by atoms with E-state index in [1.54, 1.807) is 0 Å². The van der Waals surface area contributed by atoms with Gasteiger partial charge in [0.15, 0.2) is 0 Å². The van der Waals surface area contributed by atoms with Gasteiger partial charge >= 0.3 is 0 Å². The van der Waals surface area contributed by atoms with Gasteiger partial charge in [-0.2, -0.15) is 0 Å². The summed E-state index contributed by atoms with van der Waals surface area (Å²) in [6.45, 7) is 4.15. The van der Waals surface area contributed by atoms with Gasteiger partial charge < -0.3 is 5.32 Å². The molecular formula is C19H23N3OS. The third-order valence-electron chi connectivity index (χ3n) is 4.38. The highest BCUT2D eigenvalue weighted by molar-refractivity contribution is 7.99. The molecule has 2 aromatic rings. The highest BCUT2D eigenvalue weighted by Crippen LogP contribution is 2.24. The van der Waals surface area contributed by atoms with E-state index in [1.807, 2.05) is 12.1 Å². The van der Waals surface area contributed by atoms with Crippen molar-refractivity contribution in [2.24, 2.45) is 0 Å². The molecule has 1 fully saturated rings. The fourth-order valence-electron chi connectivity index (χ4n) is 3.03. The Morgan fingerprint density at radius 3 is 2.67 bits per heavy atom. The second-order valence-electron chi connectivity index (χ2n) is 6.41. The number of hydrogen-bond acceptors (Lipinski definition) is 4. The van der Waals surface area contributed by atoms with E-state index >= 15 is 0 Å². The summed E-state index contributed by atoms with van der Waals surface area (Å²) in [7, 11) is 0. The molecule has 1 aliphatic rings. The van der Waals surface area contributed by atoms with Gasteiger partial charge in [-0.25, -0.2) is 0 Å². The van der Waals surface area contributed by atoms with Gasteiger partial charge in [0.1, 0.15) is 5.03 Å². The van der Waals surface area contributed by atoms with E-state index in [0.717, 1.165) is 29.1 Å². The van der Waals surface area contributed by atoms with Crippen LogP contribution in [0.1, 0.15) is 36.8 Å². The van der Waals surface area contributed by atoms with E-state index in [2.05, 4.69) is 47.6 Å². The van der Waals surface area contributed by atoms with Gasteiger partial charge in [-0.3, -0.25) is 4.79 Å². The number of thioether (sulfide) groups is 1. The zero-order valence-electron chi connectivity index (χ0n) is 14.2. The second kappa shape index (κ2) is 7.79. The van der Waals surface area contributed by atoms with Crippen LogP contribution in [0.2, 0.25) is 0 Å². The lowest BCUT2D eigenvalue weighted by atomic mass is 10.0. The zero-order chi connectivity index (χ0) is 16.9. The molecule has 1 aromatic heterocycles. The van der Waals surface area contributed by atoms with Crippen LogP contribution in [0, 0.1) is 13.8 Å². The molecule has 5 heteroatoms. The largest absolute Gasteiger partial charge is 0.353 e. The van der Waals surface area contributed by atoms with Gasteiger partial charge in [-0.05, 0) is 50.5 Å². The molecule has 1 aliphatic carbocycles. The maximum Gasteiger partial charge on any atom is 0.230 e. The van der Waals surface area contributed by atoms with Crippen molar-refractivity contribution in [1.82, 2.24) is 15.5 Å². The Kier molecular flexibility index (Phi) is 5.51. The minimum Gasteiger partial charge on any atom is -0.353 e. The molecule has 0 aliphatic heterocycles. The summed E-state index contributed by atoms with van der Waals surface area (Å²) in [5.41, 5.74) is 4.37. The van der Waals surface area contributed by atoms with Crippen molar-refractivity contribution in [3.05, 3.63) is 41.5 Å². The lowest BCUT2D eigenvalue weighted by Gasteiger charge is -2.11.